The first-order valence-electron chi connectivity index (χ1n) is 42.2. The summed E-state index contributed by atoms with van der Waals surface area (Å²) < 4.78 is 100. The number of methoxy groups -OCH3 is 3. The summed E-state index contributed by atoms with van der Waals surface area (Å²) in [6, 6.07) is 1.23. The first-order valence-corrected chi connectivity index (χ1v) is 42.2. The molecule has 35 atom stereocenters. The Labute approximate surface area is 710 Å². The second-order valence-electron chi connectivity index (χ2n) is 35.3. The maximum atomic E-state index is 16.4. The Morgan fingerprint density at radius 2 is 0.944 bits per heavy atom. The zero-order chi connectivity index (χ0) is 90.2. The van der Waals surface area contributed by atoms with Gasteiger partial charge in [0.25, 0.3) is 0 Å². The molecule has 0 spiro atoms. The molecule has 3 aromatic carbocycles. The van der Waals surface area contributed by atoms with Gasteiger partial charge in [-0.25, -0.2) is 0 Å². The van der Waals surface area contributed by atoms with Gasteiger partial charge in [-0.3, -0.25) is 28.8 Å². The van der Waals surface area contributed by atoms with E-state index in [9.17, 15) is 96.4 Å². The lowest BCUT2D eigenvalue weighted by Gasteiger charge is -2.60. The number of phenolic OH excluding ortho intramolecular Hbond substituents is 4. The van der Waals surface area contributed by atoms with Crippen molar-refractivity contribution in [2.24, 2.45) is 11.8 Å². The van der Waals surface area contributed by atoms with Crippen LogP contribution in [0.4, 0.5) is 0 Å². The summed E-state index contributed by atoms with van der Waals surface area (Å²) in [7, 11) is 3.04. The van der Waals surface area contributed by atoms with Crippen LogP contribution in [0.15, 0.2) is 11.8 Å². The predicted octanol–water partition coefficient (Wildman–Crippen LogP) is 0.343. The van der Waals surface area contributed by atoms with Crippen LogP contribution in [0.2, 0.25) is 0 Å². The zero-order valence-electron chi connectivity index (χ0n) is 70.6. The van der Waals surface area contributed by atoms with Crippen LogP contribution in [0.3, 0.4) is 0 Å². The lowest BCUT2D eigenvalue weighted by molar-refractivity contribution is -0.359. The molecule has 12 aliphatic rings. The van der Waals surface area contributed by atoms with Gasteiger partial charge in [-0.2, -0.15) is 0 Å². The number of rotatable bonds is 22. The molecule has 5 aliphatic carbocycles. The lowest BCUT2D eigenvalue weighted by Crippen LogP contribution is -2.80. The Kier molecular flexibility index (Phi) is 24.7. The smallest absolute Gasteiger partial charge is 0.232 e. The normalized spacial score (nSPS) is 43.9. The fraction of sp³-hybridized carbons (Fsp3) is 0.718. The summed E-state index contributed by atoms with van der Waals surface area (Å²) >= 11 is 0. The van der Waals surface area contributed by atoms with Crippen molar-refractivity contribution in [1.82, 2.24) is 0 Å². The number of aromatic hydroxyl groups is 4. The number of carbonyl (C=O) groups excluding carboxylic acids is 6. The minimum Gasteiger partial charge on any atom is -0.507 e. The largest absolute Gasteiger partial charge is 0.507 e. The van der Waals surface area contributed by atoms with E-state index in [0.717, 1.165) is 35.2 Å². The van der Waals surface area contributed by atoms with Crippen molar-refractivity contribution in [1.29, 1.82) is 0 Å². The van der Waals surface area contributed by atoms with Gasteiger partial charge in [-0.05, 0) is 99.1 Å². The standard InChI is InChI=1S/C85H112O39/c1-14-20-80(104)78(122-45-18-16-41(28(3)112-45)118-49-26-43(90)82(105,32(7)86)34(9)116-49)68(100)71(120-47-24-39(88)60(92)30(5)114-47)38-23-36-22-37-52(62(94)51(36)76(102)84(38,80)107)63(95)56(74(111-13)70(37)109-11)55-64(96)53-54(67(99)73(55)110-12)65(97)57-58(66(53)98)77(103)85(108)59-72(57)124-81(85,21-15-2)79(69(101)75(59)121-48-25-40(89)61(93)31(6)115-48)123-46-19-17-42(29(4)113-46)119-50-27-44(91)83(106,33(8)87)35(10)117-50/h22,28-31,34-35,38-50,59-61,68-69,71-72,75,78-79,88-95,97-98,100-101,104-108H,14-21,23-27H2,1-13H3. The number of phenols is 4. The van der Waals surface area contributed by atoms with Gasteiger partial charge < -0.3 is 163 Å². The number of Topliss-reactive ketones (excluding diaryl/α,β-unsaturated/α-hetero) is 6. The highest BCUT2D eigenvalue weighted by Gasteiger charge is 2.82. The van der Waals surface area contributed by atoms with Crippen LogP contribution in [0.1, 0.15) is 211 Å². The fourth-order valence-electron chi connectivity index (χ4n) is 21.9. The van der Waals surface area contributed by atoms with E-state index in [1.165, 1.54) is 33.8 Å². The number of fused-ring (bicyclic) bond motifs is 6. The molecule has 0 radical (unpaired) electrons. The van der Waals surface area contributed by atoms with E-state index in [4.69, 9.17) is 75.8 Å². The molecule has 7 saturated heterocycles. The first kappa shape index (κ1) is 92.0. The number of allylic oxidation sites excluding steroid dienone is 2. The number of ether oxygens (including phenoxy) is 16. The van der Waals surface area contributed by atoms with Crippen molar-refractivity contribution in [3.63, 3.8) is 0 Å². The van der Waals surface area contributed by atoms with E-state index >= 15 is 19.2 Å². The Bertz CT molecular complexity index is 4690. The lowest BCUT2D eigenvalue weighted by atomic mass is 9.53. The quantitative estimate of drug-likeness (QED) is 0.0603. The van der Waals surface area contributed by atoms with Crippen molar-refractivity contribution in [2.45, 2.75) is 352 Å². The Morgan fingerprint density at radius 1 is 0.476 bits per heavy atom. The molecule has 35 unspecified atom stereocenters. The van der Waals surface area contributed by atoms with Gasteiger partial charge in [-0.1, -0.05) is 26.7 Å². The third kappa shape index (κ3) is 13.6. The van der Waals surface area contributed by atoms with Crippen LogP contribution in [0.25, 0.3) is 16.3 Å². The average molecular weight is 1760 g/mol. The number of hydrogen-bond donors (Lipinski definition) is 17. The maximum absolute atomic E-state index is 16.4. The topological polar surface area (TPSA) is 594 Å². The SMILES string of the molecule is CCCC1(O)C(OC2CCC(OC3CC(O)C(O)(C(C)=O)C(C)O3)C(C)O2)C(O)C(OC2CC(O)C(O)C(C)O2)C2Cc3cc4c(OC)c(OC)c(C5=C(OC)C(=O)c6c(O)c7c(c(O)c6C5=O)C(=O)C5(O)C6C7OC5(CCC)C(OC5CCC(OC7CC(O)C(O)(C(C)=O)C(C)O7)C(C)O5)C(O)C6OC5CC(O)C(O)C(C)O5)c(O)c4c(O)c3C(=O)C21O. The van der Waals surface area contributed by atoms with Crippen LogP contribution < -0.4 is 9.47 Å². The minimum atomic E-state index is -3.24. The van der Waals surface area contributed by atoms with Crippen LogP contribution in [-0.4, -0.2) is 336 Å². The van der Waals surface area contributed by atoms with Crippen LogP contribution in [-0.2, 0) is 82.3 Å². The zero-order valence-corrected chi connectivity index (χ0v) is 70.6. The maximum Gasteiger partial charge on any atom is 0.232 e. The summed E-state index contributed by atoms with van der Waals surface area (Å²) in [4.78, 5) is 89.7. The van der Waals surface area contributed by atoms with E-state index in [2.05, 4.69) is 0 Å². The third-order valence-corrected chi connectivity index (χ3v) is 28.4. The molecule has 39 heteroatoms. The van der Waals surface area contributed by atoms with Gasteiger partial charge in [0, 0.05) is 55.4 Å². The molecule has 15 rings (SSSR count). The summed E-state index contributed by atoms with van der Waals surface area (Å²) in [6.07, 6.45) is -41.8. The summed E-state index contributed by atoms with van der Waals surface area (Å²) in [6.45, 7) is 14.3. The molecule has 4 bridgehead atoms. The van der Waals surface area contributed by atoms with E-state index < -0.39 is 356 Å². The van der Waals surface area contributed by atoms with Crippen LogP contribution in [0, 0.1) is 11.8 Å². The minimum absolute atomic E-state index is 0.0239. The van der Waals surface area contributed by atoms with Gasteiger partial charge in [-0.15, -0.1) is 0 Å². The van der Waals surface area contributed by atoms with E-state index in [1.54, 1.807) is 27.7 Å². The first-order chi connectivity index (χ1) is 58.4. The van der Waals surface area contributed by atoms with Crippen molar-refractivity contribution in [2.75, 3.05) is 21.3 Å². The van der Waals surface area contributed by atoms with Crippen LogP contribution >= 0.6 is 0 Å². The highest BCUT2D eigenvalue weighted by Crippen LogP contribution is 2.69. The van der Waals surface area contributed by atoms with Crippen LogP contribution in [0.5, 0.6) is 34.5 Å². The third-order valence-electron chi connectivity index (χ3n) is 28.4. The molecule has 0 amide bonds. The van der Waals surface area contributed by atoms with Crippen molar-refractivity contribution in [3.05, 3.63) is 50.8 Å². The monoisotopic (exact) mass is 1760 g/mol. The molecule has 686 valence electrons. The van der Waals surface area contributed by atoms with Crippen molar-refractivity contribution >= 4 is 51.0 Å². The highest BCUT2D eigenvalue weighted by molar-refractivity contribution is 6.43. The molecule has 7 aliphatic heterocycles. The molecule has 0 aromatic heterocycles. The number of carbonyl (C=O) groups is 6. The number of ketones is 6. The fourth-order valence-corrected chi connectivity index (χ4v) is 21.9. The Hall–Kier alpha value is -6.76. The van der Waals surface area contributed by atoms with Gasteiger partial charge in [0.2, 0.25) is 23.1 Å². The molecular formula is C85H112O39. The van der Waals surface area contributed by atoms with E-state index in [-0.39, 0.29) is 68.7 Å². The molecule has 2 saturated carbocycles. The van der Waals surface area contributed by atoms with Crippen molar-refractivity contribution < 1.29 is 191 Å². The number of aliphatic hydroxyl groups is 13. The molecule has 124 heavy (non-hydrogen) atoms. The second kappa shape index (κ2) is 33.3. The Morgan fingerprint density at radius 3 is 1.42 bits per heavy atom. The van der Waals surface area contributed by atoms with Gasteiger partial charge in [0.1, 0.15) is 70.8 Å². The van der Waals surface area contributed by atoms with Gasteiger partial charge in [0.15, 0.2) is 89.0 Å². The molecular weight excluding hydrogens is 1640 g/mol. The van der Waals surface area contributed by atoms with E-state index in [0.29, 0.717) is 0 Å². The summed E-state index contributed by atoms with van der Waals surface area (Å²) in [5.41, 5.74) is -22.9. The van der Waals surface area contributed by atoms with Gasteiger partial charge >= 0.3 is 0 Å². The number of hydrogen-bond acceptors (Lipinski definition) is 39. The molecule has 3 aromatic rings. The highest BCUT2D eigenvalue weighted by atomic mass is 16.8. The summed E-state index contributed by atoms with van der Waals surface area (Å²) in [5.74, 6) is -18.1. The summed E-state index contributed by atoms with van der Waals surface area (Å²) in [5, 5.41) is 207. The van der Waals surface area contributed by atoms with E-state index in [1.807, 2.05) is 0 Å². The molecule has 17 N–H and O–H groups in total. The van der Waals surface area contributed by atoms with Gasteiger partial charge in [0.05, 0.1) is 158 Å². The molecule has 7 heterocycles. The predicted molar refractivity (Wildman–Crippen MR) is 415 cm³/mol. The van der Waals surface area contributed by atoms with Crippen molar-refractivity contribution in [3.8, 4) is 34.5 Å². The Balaban J connectivity index is 0.797. The molecule has 9 fully saturated rings. The number of benzene rings is 3. The second-order valence-corrected chi connectivity index (χ2v) is 35.3. The number of aliphatic hydroxyl groups excluding tert-OH is 8. The molecule has 39 nitrogen and oxygen atoms in total. The average Bonchev–Trinajstić information content (AvgIpc) is 1.51.